The van der Waals surface area contributed by atoms with E-state index in [1.165, 1.54) is 0 Å². The first-order valence-electron chi connectivity index (χ1n) is 7.46. The Balaban J connectivity index is 2.39. The molecule has 7 heteroatoms. The molecule has 22 heavy (non-hydrogen) atoms. The number of amides is 2. The minimum Gasteiger partial charge on any atom is -0.354 e. The van der Waals surface area contributed by atoms with Crippen LogP contribution in [0.15, 0.2) is 6.20 Å². The third-order valence-electron chi connectivity index (χ3n) is 3.00. The zero-order valence-electron chi connectivity index (χ0n) is 14.4. The van der Waals surface area contributed by atoms with Gasteiger partial charge in [0.1, 0.15) is 5.69 Å². The largest absolute Gasteiger partial charge is 0.354 e. The normalized spacial score (nSPS) is 12.1. The summed E-state index contributed by atoms with van der Waals surface area (Å²) in [4.78, 5) is 23.5. The molecule has 1 aromatic rings. The summed E-state index contributed by atoms with van der Waals surface area (Å²) in [5.41, 5.74) is -0.127. The summed E-state index contributed by atoms with van der Waals surface area (Å²) in [6.07, 6.45) is 1.77. The Hall–Kier alpha value is -1.92. The fourth-order valence-corrected chi connectivity index (χ4v) is 1.51. The Kier molecular flexibility index (Phi) is 5.68. The van der Waals surface area contributed by atoms with Crippen LogP contribution < -0.4 is 10.6 Å². The molecule has 2 amide bonds. The summed E-state index contributed by atoms with van der Waals surface area (Å²) in [5, 5.41) is 13.7. The van der Waals surface area contributed by atoms with Crippen LogP contribution in [0.4, 0.5) is 0 Å². The highest BCUT2D eigenvalue weighted by Gasteiger charge is 2.21. The molecule has 0 unspecified atom stereocenters. The summed E-state index contributed by atoms with van der Waals surface area (Å²) in [5.74, 6) is -0.0234. The summed E-state index contributed by atoms with van der Waals surface area (Å²) in [6, 6.07) is 0. The van der Waals surface area contributed by atoms with Gasteiger partial charge in [0.05, 0.1) is 19.3 Å². The molecule has 1 heterocycles. The molecule has 0 saturated heterocycles. The molecule has 0 aliphatic heterocycles. The minimum absolute atomic E-state index is 0.00489. The van der Waals surface area contributed by atoms with E-state index in [-0.39, 0.29) is 11.8 Å². The van der Waals surface area contributed by atoms with Gasteiger partial charge in [-0.1, -0.05) is 46.8 Å². The van der Waals surface area contributed by atoms with Crippen molar-refractivity contribution in [3.8, 4) is 0 Å². The maximum Gasteiger partial charge on any atom is 0.225 e. The molecule has 0 atom stereocenters. The number of aromatic nitrogens is 3. The van der Waals surface area contributed by atoms with Gasteiger partial charge in [-0.25, -0.2) is 0 Å². The van der Waals surface area contributed by atoms with Crippen molar-refractivity contribution >= 4 is 11.8 Å². The van der Waals surface area contributed by atoms with Gasteiger partial charge >= 0.3 is 0 Å². The van der Waals surface area contributed by atoms with Gasteiger partial charge in [0, 0.05) is 17.4 Å². The molecule has 0 aromatic carbocycles. The quantitative estimate of drug-likeness (QED) is 0.852. The standard InChI is InChI=1S/C15H27N5O2/c1-14(2,3)12(21)16-7-8-20-10-11(18-19-20)9-17-13(22)15(4,5)6/h10H,7-9H2,1-6H3,(H,16,21)(H,17,22). The molecule has 124 valence electrons. The van der Waals surface area contributed by atoms with E-state index in [2.05, 4.69) is 20.9 Å². The Bertz CT molecular complexity index is 523. The van der Waals surface area contributed by atoms with Gasteiger partial charge in [0.25, 0.3) is 0 Å². The molecule has 0 bridgehead atoms. The van der Waals surface area contributed by atoms with E-state index < -0.39 is 10.8 Å². The van der Waals surface area contributed by atoms with E-state index in [9.17, 15) is 9.59 Å². The van der Waals surface area contributed by atoms with Crippen LogP contribution in [0.5, 0.6) is 0 Å². The number of nitrogens with zero attached hydrogens (tertiary/aromatic N) is 3. The maximum absolute atomic E-state index is 11.8. The van der Waals surface area contributed by atoms with Crippen LogP contribution in [0.25, 0.3) is 0 Å². The SMILES string of the molecule is CC(C)(C)C(=O)NCCn1cc(CNC(=O)C(C)(C)C)nn1. The number of hydrogen-bond donors (Lipinski definition) is 2. The van der Waals surface area contributed by atoms with Crippen LogP contribution in [0.2, 0.25) is 0 Å². The first kappa shape index (κ1) is 18.1. The first-order valence-corrected chi connectivity index (χ1v) is 7.46. The lowest BCUT2D eigenvalue weighted by molar-refractivity contribution is -0.129. The number of rotatable bonds is 5. The predicted molar refractivity (Wildman–Crippen MR) is 83.8 cm³/mol. The molecular formula is C15H27N5O2. The van der Waals surface area contributed by atoms with Crippen molar-refractivity contribution in [2.75, 3.05) is 6.54 Å². The average molecular weight is 309 g/mol. The summed E-state index contributed by atoms with van der Waals surface area (Å²) >= 11 is 0. The monoisotopic (exact) mass is 309 g/mol. The van der Waals surface area contributed by atoms with Crippen LogP contribution >= 0.6 is 0 Å². The molecule has 0 spiro atoms. The third-order valence-corrected chi connectivity index (χ3v) is 3.00. The highest BCUT2D eigenvalue weighted by atomic mass is 16.2. The fourth-order valence-electron chi connectivity index (χ4n) is 1.51. The molecule has 1 aromatic heterocycles. The highest BCUT2D eigenvalue weighted by molar-refractivity contribution is 5.81. The number of carbonyl (C=O) groups excluding carboxylic acids is 2. The van der Waals surface area contributed by atoms with Crippen molar-refractivity contribution in [3.05, 3.63) is 11.9 Å². The van der Waals surface area contributed by atoms with Crippen LogP contribution in [-0.4, -0.2) is 33.4 Å². The molecule has 0 radical (unpaired) electrons. The van der Waals surface area contributed by atoms with Crippen molar-refractivity contribution in [1.82, 2.24) is 25.6 Å². The van der Waals surface area contributed by atoms with Crippen molar-refractivity contribution in [1.29, 1.82) is 0 Å². The van der Waals surface area contributed by atoms with Gasteiger partial charge < -0.3 is 10.6 Å². The van der Waals surface area contributed by atoms with Gasteiger partial charge in [0.2, 0.25) is 11.8 Å². The minimum atomic E-state index is -0.423. The van der Waals surface area contributed by atoms with E-state index in [1.54, 1.807) is 10.9 Å². The molecule has 0 saturated carbocycles. The zero-order valence-corrected chi connectivity index (χ0v) is 14.4. The summed E-state index contributed by atoms with van der Waals surface area (Å²) < 4.78 is 1.65. The van der Waals surface area contributed by atoms with E-state index in [4.69, 9.17) is 0 Å². The second kappa shape index (κ2) is 6.89. The topological polar surface area (TPSA) is 88.9 Å². The van der Waals surface area contributed by atoms with Crippen molar-refractivity contribution in [2.24, 2.45) is 10.8 Å². The van der Waals surface area contributed by atoms with Crippen molar-refractivity contribution in [2.45, 2.75) is 54.6 Å². The van der Waals surface area contributed by atoms with E-state index in [1.807, 2.05) is 41.5 Å². The van der Waals surface area contributed by atoms with Gasteiger partial charge in [-0.3, -0.25) is 14.3 Å². The lowest BCUT2D eigenvalue weighted by Gasteiger charge is -2.17. The van der Waals surface area contributed by atoms with E-state index >= 15 is 0 Å². The first-order chi connectivity index (χ1) is 10.00. The Morgan fingerprint density at radius 2 is 1.59 bits per heavy atom. The second-order valence-corrected chi connectivity index (χ2v) is 7.41. The molecular weight excluding hydrogens is 282 g/mol. The molecule has 1 rings (SSSR count). The third kappa shape index (κ3) is 5.83. The van der Waals surface area contributed by atoms with Crippen LogP contribution in [0.3, 0.4) is 0 Å². The molecule has 0 aliphatic rings. The predicted octanol–water partition coefficient (Wildman–Crippen LogP) is 1.10. The number of carbonyl (C=O) groups is 2. The van der Waals surface area contributed by atoms with Crippen molar-refractivity contribution in [3.63, 3.8) is 0 Å². The van der Waals surface area contributed by atoms with Gasteiger partial charge in [-0.15, -0.1) is 5.10 Å². The van der Waals surface area contributed by atoms with Crippen LogP contribution in [-0.2, 0) is 22.7 Å². The van der Waals surface area contributed by atoms with E-state index in [0.717, 1.165) is 0 Å². The number of nitrogens with one attached hydrogen (secondary N) is 2. The molecule has 7 nitrogen and oxygen atoms in total. The van der Waals surface area contributed by atoms with E-state index in [0.29, 0.717) is 25.3 Å². The average Bonchev–Trinajstić information content (AvgIpc) is 2.81. The van der Waals surface area contributed by atoms with Gasteiger partial charge in [-0.2, -0.15) is 0 Å². The molecule has 0 fully saturated rings. The molecule has 0 aliphatic carbocycles. The second-order valence-electron chi connectivity index (χ2n) is 7.41. The maximum atomic E-state index is 11.8. The van der Waals surface area contributed by atoms with Gasteiger partial charge in [-0.05, 0) is 0 Å². The lowest BCUT2D eigenvalue weighted by atomic mass is 9.96. The van der Waals surface area contributed by atoms with Gasteiger partial charge in [0.15, 0.2) is 0 Å². The Labute approximate surface area is 131 Å². The van der Waals surface area contributed by atoms with Crippen molar-refractivity contribution < 1.29 is 9.59 Å². The van der Waals surface area contributed by atoms with Crippen LogP contribution in [0, 0.1) is 10.8 Å². The van der Waals surface area contributed by atoms with Crippen LogP contribution in [0.1, 0.15) is 47.2 Å². The highest BCUT2D eigenvalue weighted by Crippen LogP contribution is 2.13. The Morgan fingerprint density at radius 1 is 1.05 bits per heavy atom. The fraction of sp³-hybridized carbons (Fsp3) is 0.733. The smallest absolute Gasteiger partial charge is 0.225 e. The molecule has 2 N–H and O–H groups in total. The zero-order chi connectivity index (χ0) is 17.0. The lowest BCUT2D eigenvalue weighted by Crippen LogP contribution is -2.36. The Morgan fingerprint density at radius 3 is 2.14 bits per heavy atom. The number of hydrogen-bond acceptors (Lipinski definition) is 4. The summed E-state index contributed by atoms with van der Waals surface area (Å²) in [7, 11) is 0. The summed E-state index contributed by atoms with van der Waals surface area (Å²) in [6.45, 7) is 12.6.